The summed E-state index contributed by atoms with van der Waals surface area (Å²) >= 11 is 0. The molecule has 2 aromatic carbocycles. The number of rotatable bonds is 14. The van der Waals surface area contributed by atoms with Gasteiger partial charge in [0.25, 0.3) is 0 Å². The highest BCUT2D eigenvalue weighted by molar-refractivity contribution is 5.78. The minimum absolute atomic E-state index is 0.380. The van der Waals surface area contributed by atoms with E-state index in [1.807, 2.05) is 12.1 Å². The lowest BCUT2D eigenvalue weighted by Gasteiger charge is -2.34. The lowest BCUT2D eigenvalue weighted by molar-refractivity contribution is -0.113. The zero-order chi connectivity index (χ0) is 26.6. The average molecular weight is 523 g/mol. The van der Waals surface area contributed by atoms with Gasteiger partial charge < -0.3 is 19.7 Å². The van der Waals surface area contributed by atoms with Crippen LogP contribution in [0.15, 0.2) is 42.5 Å². The molecule has 0 unspecified atom stereocenters. The van der Waals surface area contributed by atoms with E-state index in [9.17, 15) is 9.59 Å². The van der Waals surface area contributed by atoms with Crippen LogP contribution in [-0.4, -0.2) is 70.2 Å². The predicted molar refractivity (Wildman–Crippen MR) is 149 cm³/mol. The van der Waals surface area contributed by atoms with E-state index in [2.05, 4.69) is 46.0 Å². The van der Waals surface area contributed by atoms with Crippen molar-refractivity contribution in [2.75, 3.05) is 51.3 Å². The summed E-state index contributed by atoms with van der Waals surface area (Å²) in [5, 5.41) is 5.03. The van der Waals surface area contributed by atoms with Crippen molar-refractivity contribution in [2.24, 2.45) is 5.92 Å². The number of amides is 1. The van der Waals surface area contributed by atoms with E-state index in [0.717, 1.165) is 75.8 Å². The first-order valence-electron chi connectivity index (χ1n) is 13.9. The first-order valence-corrected chi connectivity index (χ1v) is 13.9. The Morgan fingerprint density at radius 3 is 2.45 bits per heavy atom. The molecule has 0 bridgehead atoms. The maximum Gasteiger partial charge on any atom is 0.221 e. The largest absolute Gasteiger partial charge is 0.376 e. The van der Waals surface area contributed by atoms with Gasteiger partial charge in [0.05, 0.1) is 25.9 Å². The SMILES string of the molecule is CN(Cc1cc(N2CCC(Cc3ccc(COCCOC4CCNCC4)cc3)CC2)ccc1C=O)NC=O. The number of aldehydes is 1. The van der Waals surface area contributed by atoms with Crippen LogP contribution in [0.3, 0.4) is 0 Å². The second-order valence-electron chi connectivity index (χ2n) is 10.4. The number of piperidine rings is 2. The third-order valence-electron chi connectivity index (χ3n) is 7.60. The highest BCUT2D eigenvalue weighted by atomic mass is 16.5. The fourth-order valence-corrected chi connectivity index (χ4v) is 5.36. The molecule has 206 valence electrons. The lowest BCUT2D eigenvalue weighted by Crippen LogP contribution is -2.35. The Kier molecular flexibility index (Phi) is 11.1. The summed E-state index contributed by atoms with van der Waals surface area (Å²) < 4.78 is 11.7. The standard InChI is InChI=1S/C30H42N4O4/c1-33(32-23-36)20-28-19-29(7-6-27(28)21-35)34-14-10-25(11-15-34)18-24-2-4-26(5-3-24)22-37-16-17-38-30-8-12-31-13-9-30/h2-7,19,21,23,25,30-31H,8-18,20,22H2,1H3,(H,32,36). The lowest BCUT2D eigenvalue weighted by atomic mass is 9.89. The maximum absolute atomic E-state index is 11.5. The number of hydrogen-bond acceptors (Lipinski definition) is 7. The van der Waals surface area contributed by atoms with Crippen molar-refractivity contribution in [1.29, 1.82) is 0 Å². The van der Waals surface area contributed by atoms with Gasteiger partial charge in [-0.2, -0.15) is 0 Å². The highest BCUT2D eigenvalue weighted by Gasteiger charge is 2.21. The minimum Gasteiger partial charge on any atom is -0.376 e. The Bertz CT molecular complexity index is 1000. The number of nitrogens with one attached hydrogen (secondary N) is 2. The number of carbonyl (C=O) groups is 2. The van der Waals surface area contributed by atoms with Gasteiger partial charge in [-0.3, -0.25) is 15.0 Å². The molecule has 0 radical (unpaired) electrons. The molecule has 1 amide bonds. The quantitative estimate of drug-likeness (QED) is 0.224. The van der Waals surface area contributed by atoms with Crippen LogP contribution in [0, 0.1) is 5.92 Å². The second-order valence-corrected chi connectivity index (χ2v) is 10.4. The number of hydrogen-bond donors (Lipinski definition) is 2. The van der Waals surface area contributed by atoms with Gasteiger partial charge >= 0.3 is 0 Å². The molecule has 0 spiro atoms. The Hall–Kier alpha value is -2.78. The monoisotopic (exact) mass is 522 g/mol. The van der Waals surface area contributed by atoms with E-state index >= 15 is 0 Å². The van der Waals surface area contributed by atoms with E-state index in [4.69, 9.17) is 9.47 Å². The normalized spacial score (nSPS) is 17.1. The van der Waals surface area contributed by atoms with Crippen molar-refractivity contribution in [3.63, 3.8) is 0 Å². The number of anilines is 1. The van der Waals surface area contributed by atoms with Crippen LogP contribution in [0.4, 0.5) is 5.69 Å². The van der Waals surface area contributed by atoms with Crippen molar-refractivity contribution in [3.05, 3.63) is 64.7 Å². The van der Waals surface area contributed by atoms with Crippen LogP contribution in [0.1, 0.15) is 52.7 Å². The van der Waals surface area contributed by atoms with E-state index < -0.39 is 0 Å². The molecular weight excluding hydrogens is 480 g/mol. The van der Waals surface area contributed by atoms with Crippen molar-refractivity contribution in [1.82, 2.24) is 15.8 Å². The average Bonchev–Trinajstić information content (AvgIpc) is 2.95. The Labute approximate surface area is 226 Å². The minimum atomic E-state index is 0.380. The summed E-state index contributed by atoms with van der Waals surface area (Å²) in [7, 11) is 1.78. The molecule has 2 saturated heterocycles. The fraction of sp³-hybridized carbons (Fsp3) is 0.533. The van der Waals surface area contributed by atoms with Crippen molar-refractivity contribution < 1.29 is 19.1 Å². The first kappa shape index (κ1) is 28.2. The summed E-state index contributed by atoms with van der Waals surface area (Å²) in [4.78, 5) is 24.6. The summed E-state index contributed by atoms with van der Waals surface area (Å²) in [5.41, 5.74) is 7.89. The van der Waals surface area contributed by atoms with Gasteiger partial charge in [0.15, 0.2) is 0 Å². The van der Waals surface area contributed by atoms with Crippen LogP contribution in [0.5, 0.6) is 0 Å². The third-order valence-corrected chi connectivity index (χ3v) is 7.60. The fourth-order valence-electron chi connectivity index (χ4n) is 5.36. The zero-order valence-electron chi connectivity index (χ0n) is 22.6. The van der Waals surface area contributed by atoms with Crippen molar-refractivity contribution >= 4 is 18.4 Å². The van der Waals surface area contributed by atoms with E-state index in [1.54, 1.807) is 12.1 Å². The highest BCUT2D eigenvalue weighted by Crippen LogP contribution is 2.27. The molecule has 2 aliphatic rings. The Morgan fingerprint density at radius 2 is 1.74 bits per heavy atom. The number of benzene rings is 2. The van der Waals surface area contributed by atoms with Gasteiger partial charge in [0.1, 0.15) is 6.29 Å². The number of carbonyl (C=O) groups excluding carboxylic acids is 2. The molecule has 8 nitrogen and oxygen atoms in total. The maximum atomic E-state index is 11.5. The Morgan fingerprint density at radius 1 is 1.00 bits per heavy atom. The number of ether oxygens (including phenoxy) is 2. The zero-order valence-corrected chi connectivity index (χ0v) is 22.6. The molecule has 2 aromatic rings. The molecule has 0 aliphatic carbocycles. The molecule has 2 fully saturated rings. The molecule has 2 aliphatic heterocycles. The molecule has 8 heteroatoms. The first-order chi connectivity index (χ1) is 18.6. The smallest absolute Gasteiger partial charge is 0.221 e. The molecule has 0 atom stereocenters. The van der Waals surface area contributed by atoms with Crippen LogP contribution < -0.4 is 15.6 Å². The van der Waals surface area contributed by atoms with Crippen molar-refractivity contribution in [2.45, 2.75) is 51.4 Å². The molecule has 2 N–H and O–H groups in total. The van der Waals surface area contributed by atoms with E-state index in [1.165, 1.54) is 11.1 Å². The van der Waals surface area contributed by atoms with Gasteiger partial charge in [-0.25, -0.2) is 5.01 Å². The second kappa shape index (κ2) is 15.0. The van der Waals surface area contributed by atoms with E-state index in [-0.39, 0.29) is 0 Å². The summed E-state index contributed by atoms with van der Waals surface area (Å²) in [6.45, 7) is 6.50. The predicted octanol–water partition coefficient (Wildman–Crippen LogP) is 3.34. The van der Waals surface area contributed by atoms with Crippen LogP contribution in [0.2, 0.25) is 0 Å². The van der Waals surface area contributed by atoms with Gasteiger partial charge in [0.2, 0.25) is 6.41 Å². The van der Waals surface area contributed by atoms with Crippen molar-refractivity contribution in [3.8, 4) is 0 Å². The molecule has 0 saturated carbocycles. The number of hydrazine groups is 1. The Balaban J connectivity index is 1.18. The molecule has 4 rings (SSSR count). The number of nitrogens with zero attached hydrogens (tertiary/aromatic N) is 2. The van der Waals surface area contributed by atoms with Crippen LogP contribution in [-0.2, 0) is 33.8 Å². The third kappa shape index (κ3) is 8.63. The summed E-state index contributed by atoms with van der Waals surface area (Å²) in [6, 6.07) is 14.8. The molecular formula is C30H42N4O4. The molecule has 2 heterocycles. The summed E-state index contributed by atoms with van der Waals surface area (Å²) in [5.74, 6) is 0.664. The van der Waals surface area contributed by atoms with Gasteiger partial charge in [0, 0.05) is 37.9 Å². The van der Waals surface area contributed by atoms with Gasteiger partial charge in [-0.05, 0) is 86.0 Å². The summed E-state index contributed by atoms with van der Waals surface area (Å²) in [6.07, 6.45) is 7.45. The van der Waals surface area contributed by atoms with Crippen LogP contribution >= 0.6 is 0 Å². The molecule has 38 heavy (non-hydrogen) atoms. The van der Waals surface area contributed by atoms with E-state index in [0.29, 0.717) is 50.4 Å². The van der Waals surface area contributed by atoms with Crippen LogP contribution in [0.25, 0.3) is 0 Å². The van der Waals surface area contributed by atoms with Gasteiger partial charge in [-0.1, -0.05) is 24.3 Å². The molecule has 0 aromatic heterocycles. The van der Waals surface area contributed by atoms with Gasteiger partial charge in [-0.15, -0.1) is 0 Å². The topological polar surface area (TPSA) is 83.1 Å².